The smallest absolute Gasteiger partial charge is 0.306 e. The zero-order valence-corrected chi connectivity index (χ0v) is 11.8. The van der Waals surface area contributed by atoms with Gasteiger partial charge in [-0.05, 0) is 18.3 Å². The van der Waals surface area contributed by atoms with Gasteiger partial charge in [-0.1, -0.05) is 0 Å². The minimum Gasteiger partial charge on any atom is -0.469 e. The Kier molecular flexibility index (Phi) is 4.46. The lowest BCUT2D eigenvalue weighted by atomic mass is 10.1. The third-order valence-corrected chi connectivity index (χ3v) is 4.80. The van der Waals surface area contributed by atoms with Crippen molar-refractivity contribution in [2.24, 2.45) is 5.41 Å². The van der Waals surface area contributed by atoms with Crippen LogP contribution in [0.4, 0.5) is 22.0 Å². The number of hydrogen-bond acceptors (Lipinski definition) is 3. The number of carbonyl (C=O) groups excluding carboxylic acids is 1. The number of thioether (sulfide) groups is 1. The van der Waals surface area contributed by atoms with Crippen molar-refractivity contribution < 1.29 is 31.5 Å². The lowest BCUT2D eigenvalue weighted by molar-refractivity contribution is -0.141. The number of methoxy groups -OCH3 is 1. The van der Waals surface area contributed by atoms with Crippen LogP contribution >= 0.6 is 11.8 Å². The summed E-state index contributed by atoms with van der Waals surface area (Å²) in [6.45, 7) is 0. The van der Waals surface area contributed by atoms with Crippen molar-refractivity contribution in [3.8, 4) is 0 Å². The fraction of sp³-hybridized carbons (Fsp3) is 0.462. The Hall–Kier alpha value is -1.31. The second-order valence-electron chi connectivity index (χ2n) is 4.94. The predicted octanol–water partition coefficient (Wildman–Crippen LogP) is 3.82. The van der Waals surface area contributed by atoms with Crippen molar-refractivity contribution >= 4 is 17.7 Å². The van der Waals surface area contributed by atoms with Crippen molar-refractivity contribution in [1.29, 1.82) is 0 Å². The van der Waals surface area contributed by atoms with Crippen LogP contribution in [0, 0.1) is 34.5 Å². The van der Waals surface area contributed by atoms with Gasteiger partial charge in [0.15, 0.2) is 23.3 Å². The van der Waals surface area contributed by atoms with Gasteiger partial charge in [0.1, 0.15) is 0 Å². The molecule has 2 nitrogen and oxygen atoms in total. The maximum atomic E-state index is 13.5. The maximum absolute atomic E-state index is 13.5. The van der Waals surface area contributed by atoms with Gasteiger partial charge in [-0.15, -0.1) is 11.8 Å². The molecule has 1 aromatic carbocycles. The molecule has 1 aliphatic carbocycles. The van der Waals surface area contributed by atoms with Crippen LogP contribution in [0.2, 0.25) is 0 Å². The summed E-state index contributed by atoms with van der Waals surface area (Å²) in [4.78, 5) is 10.3. The van der Waals surface area contributed by atoms with E-state index in [1.54, 1.807) is 0 Å². The van der Waals surface area contributed by atoms with Gasteiger partial charge >= 0.3 is 5.97 Å². The number of carbonyl (C=O) groups is 1. The molecule has 1 fully saturated rings. The molecule has 116 valence electrons. The Balaban J connectivity index is 2.16. The van der Waals surface area contributed by atoms with Gasteiger partial charge in [0.25, 0.3) is 0 Å². The van der Waals surface area contributed by atoms with Crippen LogP contribution in [0.3, 0.4) is 0 Å². The third kappa shape index (κ3) is 3.14. The zero-order chi connectivity index (χ0) is 15.8. The predicted molar refractivity (Wildman–Crippen MR) is 65.3 cm³/mol. The average molecular weight is 326 g/mol. The Bertz CT molecular complexity index is 557. The van der Waals surface area contributed by atoms with E-state index in [0.717, 1.165) is 0 Å². The highest BCUT2D eigenvalue weighted by atomic mass is 32.2. The molecule has 1 aliphatic rings. The molecule has 2 rings (SSSR count). The van der Waals surface area contributed by atoms with E-state index >= 15 is 0 Å². The highest BCUT2D eigenvalue weighted by molar-refractivity contribution is 7.99. The SMILES string of the molecule is COC(=O)CC1(CSc2c(F)c(F)c(F)c(F)c2F)CC1. The average Bonchev–Trinajstić information content (AvgIpc) is 3.22. The fourth-order valence-electron chi connectivity index (χ4n) is 1.86. The molecule has 8 heteroatoms. The van der Waals surface area contributed by atoms with Gasteiger partial charge in [-0.2, -0.15) is 0 Å². The van der Waals surface area contributed by atoms with Crippen molar-refractivity contribution in [2.75, 3.05) is 12.9 Å². The number of ether oxygens (including phenoxy) is 1. The summed E-state index contributed by atoms with van der Waals surface area (Å²) in [5.74, 6) is -10.2. The van der Waals surface area contributed by atoms with E-state index in [1.165, 1.54) is 7.11 Å². The summed E-state index contributed by atoms with van der Waals surface area (Å²) >= 11 is 0.528. The van der Waals surface area contributed by atoms with Crippen LogP contribution in [0.5, 0.6) is 0 Å². The van der Waals surface area contributed by atoms with E-state index in [-0.39, 0.29) is 12.2 Å². The molecule has 0 amide bonds. The van der Waals surface area contributed by atoms with E-state index in [0.29, 0.717) is 24.6 Å². The van der Waals surface area contributed by atoms with Crippen molar-refractivity contribution in [3.63, 3.8) is 0 Å². The second kappa shape index (κ2) is 5.82. The summed E-state index contributed by atoms with van der Waals surface area (Å²) < 4.78 is 70.5. The maximum Gasteiger partial charge on any atom is 0.306 e. The summed E-state index contributed by atoms with van der Waals surface area (Å²) in [5.41, 5.74) is -0.488. The normalized spacial score (nSPS) is 15.9. The molecular formula is C13H11F5O2S. The molecular weight excluding hydrogens is 315 g/mol. The zero-order valence-electron chi connectivity index (χ0n) is 10.9. The van der Waals surface area contributed by atoms with E-state index < -0.39 is 45.4 Å². The molecule has 0 heterocycles. The van der Waals surface area contributed by atoms with Gasteiger partial charge in [0.05, 0.1) is 18.4 Å². The monoisotopic (exact) mass is 326 g/mol. The summed E-state index contributed by atoms with van der Waals surface area (Å²) in [7, 11) is 1.22. The van der Waals surface area contributed by atoms with E-state index in [4.69, 9.17) is 0 Å². The van der Waals surface area contributed by atoms with Gasteiger partial charge in [-0.3, -0.25) is 4.79 Å². The van der Waals surface area contributed by atoms with Crippen molar-refractivity contribution in [2.45, 2.75) is 24.2 Å². The van der Waals surface area contributed by atoms with Crippen LogP contribution < -0.4 is 0 Å². The summed E-state index contributed by atoms with van der Waals surface area (Å²) in [5, 5.41) is 0. The summed E-state index contributed by atoms with van der Waals surface area (Å²) in [6.07, 6.45) is 1.35. The van der Waals surface area contributed by atoms with Gasteiger partial charge in [0, 0.05) is 5.75 Å². The minimum atomic E-state index is -2.18. The largest absolute Gasteiger partial charge is 0.469 e. The third-order valence-electron chi connectivity index (χ3n) is 3.40. The fourth-order valence-corrected chi connectivity index (χ4v) is 3.14. The first-order valence-corrected chi connectivity index (χ1v) is 7.01. The molecule has 0 aromatic heterocycles. The quantitative estimate of drug-likeness (QED) is 0.271. The highest BCUT2D eigenvalue weighted by Gasteiger charge is 2.45. The molecule has 0 unspecified atom stereocenters. The lowest BCUT2D eigenvalue weighted by Gasteiger charge is -2.14. The number of esters is 1. The van der Waals surface area contributed by atoms with Crippen LogP contribution in [0.1, 0.15) is 19.3 Å². The molecule has 0 aliphatic heterocycles. The van der Waals surface area contributed by atoms with Crippen LogP contribution in [0.15, 0.2) is 4.90 Å². The van der Waals surface area contributed by atoms with E-state index in [1.807, 2.05) is 0 Å². The first-order valence-electron chi connectivity index (χ1n) is 6.02. The minimum absolute atomic E-state index is 0.0614. The topological polar surface area (TPSA) is 26.3 Å². The molecule has 0 spiro atoms. The lowest BCUT2D eigenvalue weighted by Crippen LogP contribution is -2.13. The molecule has 0 atom stereocenters. The van der Waals surface area contributed by atoms with E-state index in [2.05, 4.69) is 4.74 Å². The van der Waals surface area contributed by atoms with Crippen LogP contribution in [-0.2, 0) is 9.53 Å². The number of rotatable bonds is 5. The Morgan fingerprint density at radius 1 is 1.05 bits per heavy atom. The molecule has 21 heavy (non-hydrogen) atoms. The van der Waals surface area contributed by atoms with E-state index in [9.17, 15) is 26.7 Å². The van der Waals surface area contributed by atoms with Gasteiger partial charge < -0.3 is 4.74 Å². The standard InChI is InChI=1S/C13H11F5O2S/c1-20-6(19)4-13(2-3-13)5-21-12-10(17)8(15)7(14)9(16)11(12)18/h2-5H2,1H3. The van der Waals surface area contributed by atoms with Crippen molar-refractivity contribution in [1.82, 2.24) is 0 Å². The number of benzene rings is 1. The molecule has 0 N–H and O–H groups in total. The van der Waals surface area contributed by atoms with Gasteiger partial charge in [0.2, 0.25) is 5.82 Å². The van der Waals surface area contributed by atoms with Crippen LogP contribution in [-0.4, -0.2) is 18.8 Å². The van der Waals surface area contributed by atoms with Crippen molar-refractivity contribution in [3.05, 3.63) is 29.1 Å². The first kappa shape index (κ1) is 16.1. The van der Waals surface area contributed by atoms with Crippen LogP contribution in [0.25, 0.3) is 0 Å². The molecule has 0 saturated heterocycles. The number of hydrogen-bond donors (Lipinski definition) is 0. The Labute approximate surface area is 121 Å². The first-order chi connectivity index (χ1) is 9.81. The van der Waals surface area contributed by atoms with Gasteiger partial charge in [-0.25, -0.2) is 22.0 Å². The molecule has 1 aromatic rings. The Morgan fingerprint density at radius 3 is 1.95 bits per heavy atom. The Morgan fingerprint density at radius 2 is 1.52 bits per heavy atom. The second-order valence-corrected chi connectivity index (χ2v) is 5.93. The molecule has 0 radical (unpaired) electrons. The highest BCUT2D eigenvalue weighted by Crippen LogP contribution is 2.52. The molecule has 1 saturated carbocycles. The molecule has 0 bridgehead atoms. The number of halogens is 5. The summed E-state index contributed by atoms with van der Waals surface area (Å²) in [6, 6.07) is 0.